The number of aromatic hydroxyl groups is 3. The Morgan fingerprint density at radius 2 is 1.00 bits per heavy atom. The lowest BCUT2D eigenvalue weighted by Gasteiger charge is -2.18. The third-order valence-electron chi connectivity index (χ3n) is 5.56. The lowest BCUT2D eigenvalue weighted by atomic mass is 9.86. The van der Waals surface area contributed by atoms with Gasteiger partial charge in [0.15, 0.2) is 0 Å². The van der Waals surface area contributed by atoms with Gasteiger partial charge < -0.3 is 15.3 Å². The number of phenolic OH excluding ortho intramolecular Hbond substituents is 3. The third kappa shape index (κ3) is 3.47. The van der Waals surface area contributed by atoms with Crippen molar-refractivity contribution in [1.82, 2.24) is 0 Å². The normalized spacial score (nSPS) is 11.0. The number of benzene rings is 5. The summed E-state index contributed by atoms with van der Waals surface area (Å²) in [6, 6.07) is 31.9. The lowest BCUT2D eigenvalue weighted by molar-refractivity contribution is 0.474. The fraction of sp³-hybridized carbons (Fsp3) is 0. The standard InChI is InChI=1S/C28H20O3/c29-23-11-7-19(8-12-23)25-15-16-26(31)28(27(25)20-9-13-24(30)14-10-20)22-6-5-18-3-1-2-4-21(18)17-22/h1-17,29-31H. The van der Waals surface area contributed by atoms with Crippen molar-refractivity contribution >= 4 is 10.8 Å². The fourth-order valence-corrected chi connectivity index (χ4v) is 4.04. The maximum Gasteiger partial charge on any atom is 0.124 e. The largest absolute Gasteiger partial charge is 0.508 e. The first-order valence-electron chi connectivity index (χ1n) is 10.0. The van der Waals surface area contributed by atoms with Gasteiger partial charge in [-0.15, -0.1) is 0 Å². The van der Waals surface area contributed by atoms with Crippen LogP contribution in [-0.4, -0.2) is 15.3 Å². The molecule has 0 aliphatic rings. The van der Waals surface area contributed by atoms with E-state index in [0.717, 1.165) is 44.2 Å². The predicted octanol–water partition coefficient (Wildman–Crippen LogP) is 6.96. The molecule has 0 heterocycles. The fourth-order valence-electron chi connectivity index (χ4n) is 4.04. The van der Waals surface area contributed by atoms with Crippen molar-refractivity contribution < 1.29 is 15.3 Å². The molecule has 5 aromatic rings. The Morgan fingerprint density at radius 1 is 0.419 bits per heavy atom. The number of fused-ring (bicyclic) bond motifs is 1. The van der Waals surface area contributed by atoms with E-state index in [1.807, 2.05) is 48.5 Å². The number of hydrogen-bond donors (Lipinski definition) is 3. The Morgan fingerprint density at radius 3 is 1.68 bits per heavy atom. The zero-order chi connectivity index (χ0) is 21.4. The van der Waals surface area contributed by atoms with Gasteiger partial charge in [-0.25, -0.2) is 0 Å². The van der Waals surface area contributed by atoms with Crippen molar-refractivity contribution in [3.8, 4) is 50.6 Å². The molecule has 0 atom stereocenters. The van der Waals surface area contributed by atoms with Gasteiger partial charge in [-0.1, -0.05) is 66.7 Å². The molecule has 0 aliphatic heterocycles. The Kier molecular flexibility index (Phi) is 4.57. The molecule has 150 valence electrons. The van der Waals surface area contributed by atoms with Crippen LogP contribution in [0.1, 0.15) is 0 Å². The van der Waals surface area contributed by atoms with Crippen molar-refractivity contribution in [1.29, 1.82) is 0 Å². The van der Waals surface area contributed by atoms with Gasteiger partial charge in [-0.05, 0) is 69.4 Å². The molecule has 0 saturated heterocycles. The van der Waals surface area contributed by atoms with Gasteiger partial charge in [0.25, 0.3) is 0 Å². The summed E-state index contributed by atoms with van der Waals surface area (Å²) < 4.78 is 0. The highest BCUT2D eigenvalue weighted by Gasteiger charge is 2.18. The average molecular weight is 404 g/mol. The van der Waals surface area contributed by atoms with Gasteiger partial charge in [0.05, 0.1) is 0 Å². The minimum absolute atomic E-state index is 0.181. The minimum atomic E-state index is 0.181. The molecule has 0 aliphatic carbocycles. The summed E-state index contributed by atoms with van der Waals surface area (Å²) in [6.45, 7) is 0. The summed E-state index contributed by atoms with van der Waals surface area (Å²) in [7, 11) is 0. The van der Waals surface area contributed by atoms with Crippen LogP contribution in [0.2, 0.25) is 0 Å². The Labute approximate surface area is 180 Å². The summed E-state index contributed by atoms with van der Waals surface area (Å²) in [5.41, 5.74) is 5.21. The highest BCUT2D eigenvalue weighted by atomic mass is 16.3. The number of hydrogen-bond acceptors (Lipinski definition) is 3. The van der Waals surface area contributed by atoms with E-state index in [1.165, 1.54) is 0 Å². The van der Waals surface area contributed by atoms with Crippen molar-refractivity contribution in [2.24, 2.45) is 0 Å². The lowest BCUT2D eigenvalue weighted by Crippen LogP contribution is -1.92. The SMILES string of the molecule is Oc1ccc(-c2ccc(O)c(-c3ccc4ccccc4c3)c2-c2ccc(O)cc2)cc1. The van der Waals surface area contributed by atoms with Crippen LogP contribution in [-0.2, 0) is 0 Å². The quantitative estimate of drug-likeness (QED) is 0.305. The minimum Gasteiger partial charge on any atom is -0.508 e. The first-order valence-corrected chi connectivity index (χ1v) is 10.0. The average Bonchev–Trinajstić information content (AvgIpc) is 2.80. The summed E-state index contributed by atoms with van der Waals surface area (Å²) in [6.07, 6.45) is 0. The number of phenols is 3. The van der Waals surface area contributed by atoms with Gasteiger partial charge in [0.2, 0.25) is 0 Å². The van der Waals surface area contributed by atoms with Crippen LogP contribution < -0.4 is 0 Å². The Balaban J connectivity index is 1.83. The molecule has 0 unspecified atom stereocenters. The summed E-state index contributed by atoms with van der Waals surface area (Å²) in [5.74, 6) is 0.562. The second kappa shape index (κ2) is 7.54. The molecular weight excluding hydrogens is 384 g/mol. The Bertz CT molecular complexity index is 1380. The smallest absolute Gasteiger partial charge is 0.124 e. The zero-order valence-electron chi connectivity index (χ0n) is 16.7. The second-order valence-corrected chi connectivity index (χ2v) is 7.54. The monoisotopic (exact) mass is 404 g/mol. The first-order chi connectivity index (χ1) is 15.1. The molecule has 5 aromatic carbocycles. The summed E-state index contributed by atoms with van der Waals surface area (Å²) >= 11 is 0. The molecule has 0 amide bonds. The molecule has 3 N–H and O–H groups in total. The molecule has 31 heavy (non-hydrogen) atoms. The molecule has 0 spiro atoms. The van der Waals surface area contributed by atoms with E-state index in [0.29, 0.717) is 0 Å². The van der Waals surface area contributed by atoms with E-state index in [-0.39, 0.29) is 17.2 Å². The molecule has 0 fully saturated rings. The van der Waals surface area contributed by atoms with Crippen LogP contribution in [0.25, 0.3) is 44.2 Å². The van der Waals surface area contributed by atoms with E-state index in [9.17, 15) is 15.3 Å². The molecule has 0 aromatic heterocycles. The molecule has 0 saturated carbocycles. The molecule has 3 heteroatoms. The highest BCUT2D eigenvalue weighted by molar-refractivity contribution is 5.99. The van der Waals surface area contributed by atoms with Gasteiger partial charge in [0, 0.05) is 11.1 Å². The highest BCUT2D eigenvalue weighted by Crippen LogP contribution is 2.45. The van der Waals surface area contributed by atoms with Crippen molar-refractivity contribution in [2.75, 3.05) is 0 Å². The van der Waals surface area contributed by atoms with Gasteiger partial charge >= 0.3 is 0 Å². The maximum absolute atomic E-state index is 11.0. The summed E-state index contributed by atoms with van der Waals surface area (Å²) in [5, 5.41) is 32.7. The van der Waals surface area contributed by atoms with Crippen LogP contribution in [0.15, 0.2) is 103 Å². The summed E-state index contributed by atoms with van der Waals surface area (Å²) in [4.78, 5) is 0. The van der Waals surface area contributed by atoms with Crippen molar-refractivity contribution in [2.45, 2.75) is 0 Å². The van der Waals surface area contributed by atoms with Crippen molar-refractivity contribution in [3.05, 3.63) is 103 Å². The van der Waals surface area contributed by atoms with E-state index in [1.54, 1.807) is 30.3 Å². The maximum atomic E-state index is 11.0. The van der Waals surface area contributed by atoms with Crippen LogP contribution in [0.5, 0.6) is 17.2 Å². The second-order valence-electron chi connectivity index (χ2n) is 7.54. The topological polar surface area (TPSA) is 60.7 Å². The van der Waals surface area contributed by atoms with Gasteiger partial charge in [-0.2, -0.15) is 0 Å². The van der Waals surface area contributed by atoms with E-state index >= 15 is 0 Å². The zero-order valence-corrected chi connectivity index (χ0v) is 16.7. The molecule has 3 nitrogen and oxygen atoms in total. The van der Waals surface area contributed by atoms with Crippen LogP contribution >= 0.6 is 0 Å². The van der Waals surface area contributed by atoms with Crippen molar-refractivity contribution in [3.63, 3.8) is 0 Å². The molecule has 0 radical (unpaired) electrons. The van der Waals surface area contributed by atoms with Crippen LogP contribution in [0.3, 0.4) is 0 Å². The molecule has 5 rings (SSSR count). The van der Waals surface area contributed by atoms with E-state index < -0.39 is 0 Å². The third-order valence-corrected chi connectivity index (χ3v) is 5.56. The van der Waals surface area contributed by atoms with E-state index in [2.05, 4.69) is 24.3 Å². The number of rotatable bonds is 3. The van der Waals surface area contributed by atoms with Crippen LogP contribution in [0.4, 0.5) is 0 Å². The molecular formula is C28H20O3. The van der Waals surface area contributed by atoms with Gasteiger partial charge in [0.1, 0.15) is 17.2 Å². The van der Waals surface area contributed by atoms with Crippen LogP contribution in [0, 0.1) is 0 Å². The predicted molar refractivity (Wildman–Crippen MR) is 125 cm³/mol. The van der Waals surface area contributed by atoms with Gasteiger partial charge in [-0.3, -0.25) is 0 Å². The molecule has 0 bridgehead atoms. The Hall–Kier alpha value is -4.24. The van der Waals surface area contributed by atoms with E-state index in [4.69, 9.17) is 0 Å². The first kappa shape index (κ1) is 18.8.